The largest absolute Gasteiger partial charge is 0.346 e. The molecule has 2 aromatic rings. The molecule has 0 spiro atoms. The zero-order valence-electron chi connectivity index (χ0n) is 14.9. The summed E-state index contributed by atoms with van der Waals surface area (Å²) in [6.07, 6.45) is 0. The molecule has 1 amide bonds. The van der Waals surface area contributed by atoms with Gasteiger partial charge in [0.15, 0.2) is 0 Å². The third kappa shape index (κ3) is 5.32. The van der Waals surface area contributed by atoms with E-state index >= 15 is 0 Å². The minimum Gasteiger partial charge on any atom is -0.346 e. The van der Waals surface area contributed by atoms with Gasteiger partial charge in [-0.15, -0.1) is 0 Å². The Morgan fingerprint density at radius 1 is 1.20 bits per heavy atom. The van der Waals surface area contributed by atoms with Gasteiger partial charge in [-0.25, -0.2) is 8.42 Å². The maximum absolute atomic E-state index is 12.2. The highest BCUT2D eigenvalue weighted by Crippen LogP contribution is 2.20. The number of hydrogen-bond acceptors (Lipinski definition) is 4. The van der Waals surface area contributed by atoms with E-state index < -0.39 is 10.0 Å². The van der Waals surface area contributed by atoms with Gasteiger partial charge in [0, 0.05) is 16.7 Å². The molecule has 0 bridgehead atoms. The van der Waals surface area contributed by atoms with Gasteiger partial charge in [-0.2, -0.15) is 5.10 Å². The van der Waals surface area contributed by atoms with Crippen molar-refractivity contribution in [2.75, 3.05) is 10.5 Å². The predicted octanol–water partition coefficient (Wildman–Crippen LogP) is 2.40. The van der Waals surface area contributed by atoms with Crippen LogP contribution in [0.25, 0.3) is 0 Å². The predicted molar refractivity (Wildman–Crippen MR) is 98.0 cm³/mol. The molecule has 0 saturated carbocycles. The molecular weight excluding hydrogens is 340 g/mol. The van der Waals surface area contributed by atoms with Crippen molar-refractivity contribution in [3.05, 3.63) is 47.3 Å². The molecule has 25 heavy (non-hydrogen) atoms. The summed E-state index contributed by atoms with van der Waals surface area (Å²) < 4.78 is 25.5. The van der Waals surface area contributed by atoms with E-state index in [1.54, 1.807) is 31.2 Å². The smallest absolute Gasteiger partial charge is 0.251 e. The number of amides is 1. The fourth-order valence-corrected chi connectivity index (χ4v) is 2.69. The van der Waals surface area contributed by atoms with E-state index in [-0.39, 0.29) is 17.1 Å². The molecule has 0 saturated heterocycles. The van der Waals surface area contributed by atoms with Gasteiger partial charge in [-0.1, -0.05) is 20.8 Å². The van der Waals surface area contributed by atoms with Crippen LogP contribution in [-0.4, -0.2) is 30.3 Å². The summed E-state index contributed by atoms with van der Waals surface area (Å²) in [7, 11) is -3.32. The first-order valence-corrected chi connectivity index (χ1v) is 9.69. The third-order valence-electron chi connectivity index (χ3n) is 3.64. The Morgan fingerprint density at radius 3 is 2.36 bits per heavy atom. The number of sulfonamides is 1. The molecule has 0 unspecified atom stereocenters. The molecule has 0 fully saturated rings. The highest BCUT2D eigenvalue weighted by Gasteiger charge is 2.17. The van der Waals surface area contributed by atoms with Crippen LogP contribution in [0, 0.1) is 0 Å². The number of carbonyl (C=O) groups excluding carboxylic acids is 1. The van der Waals surface area contributed by atoms with Crippen LogP contribution < -0.4 is 10.0 Å². The zero-order valence-corrected chi connectivity index (χ0v) is 15.7. The first kappa shape index (κ1) is 19.0. The standard InChI is InChI=1S/C17H24N4O3S/c1-5-25(23,24)21-13-8-6-12(7-9-13)16(22)18-11-14-10-15(20-19-14)17(2,3)4/h6-10,21H,5,11H2,1-4H3,(H,18,22)(H,19,20). The number of H-pyrrole nitrogens is 1. The number of hydrogen-bond donors (Lipinski definition) is 3. The normalized spacial score (nSPS) is 12.0. The van der Waals surface area contributed by atoms with E-state index in [1.165, 1.54) is 0 Å². The minimum atomic E-state index is -3.32. The van der Waals surface area contributed by atoms with Crippen LogP contribution in [0.15, 0.2) is 30.3 Å². The average Bonchev–Trinajstić information content (AvgIpc) is 3.02. The molecule has 1 aromatic heterocycles. The van der Waals surface area contributed by atoms with Crippen molar-refractivity contribution in [3.8, 4) is 0 Å². The second kappa shape index (κ2) is 7.26. The summed E-state index contributed by atoms with van der Waals surface area (Å²) in [5, 5.41) is 9.98. The fraction of sp³-hybridized carbons (Fsp3) is 0.412. The number of aromatic amines is 1. The van der Waals surface area contributed by atoms with Crippen molar-refractivity contribution in [1.29, 1.82) is 0 Å². The number of nitrogens with zero attached hydrogens (tertiary/aromatic N) is 1. The van der Waals surface area contributed by atoms with E-state index in [2.05, 4.69) is 41.0 Å². The Labute approximate surface area is 148 Å². The highest BCUT2D eigenvalue weighted by atomic mass is 32.2. The summed E-state index contributed by atoms with van der Waals surface area (Å²) in [5.41, 5.74) is 2.59. The van der Waals surface area contributed by atoms with Crippen molar-refractivity contribution >= 4 is 21.6 Å². The van der Waals surface area contributed by atoms with Crippen LogP contribution in [0.2, 0.25) is 0 Å². The summed E-state index contributed by atoms with van der Waals surface area (Å²) >= 11 is 0. The average molecular weight is 364 g/mol. The Hall–Kier alpha value is -2.35. The van der Waals surface area contributed by atoms with E-state index in [4.69, 9.17) is 0 Å². The van der Waals surface area contributed by atoms with Crippen LogP contribution in [0.5, 0.6) is 0 Å². The fourth-order valence-electron chi connectivity index (χ4n) is 2.06. The zero-order chi connectivity index (χ0) is 18.7. The van der Waals surface area contributed by atoms with E-state index in [0.29, 0.717) is 17.8 Å². The summed E-state index contributed by atoms with van der Waals surface area (Å²) in [6, 6.07) is 8.22. The van der Waals surface area contributed by atoms with Gasteiger partial charge in [0.05, 0.1) is 23.7 Å². The Bertz CT molecular complexity index is 834. The van der Waals surface area contributed by atoms with Crippen molar-refractivity contribution in [3.63, 3.8) is 0 Å². The quantitative estimate of drug-likeness (QED) is 0.732. The van der Waals surface area contributed by atoms with Crippen LogP contribution in [0.4, 0.5) is 5.69 Å². The topological polar surface area (TPSA) is 104 Å². The number of benzene rings is 1. The second-order valence-corrected chi connectivity index (χ2v) is 8.80. The van der Waals surface area contributed by atoms with Gasteiger partial charge < -0.3 is 5.32 Å². The number of rotatable bonds is 6. The maximum Gasteiger partial charge on any atom is 0.251 e. The molecule has 7 nitrogen and oxygen atoms in total. The van der Waals surface area contributed by atoms with Gasteiger partial charge in [-0.05, 0) is 37.3 Å². The number of carbonyl (C=O) groups is 1. The SMILES string of the molecule is CCS(=O)(=O)Nc1ccc(C(=O)NCc2cc(C(C)(C)C)n[nH]2)cc1. The van der Waals surface area contributed by atoms with E-state index in [9.17, 15) is 13.2 Å². The molecule has 3 N–H and O–H groups in total. The Kier molecular flexibility index (Phi) is 5.52. The lowest BCUT2D eigenvalue weighted by Crippen LogP contribution is -2.23. The third-order valence-corrected chi connectivity index (χ3v) is 4.95. The monoisotopic (exact) mass is 364 g/mol. The van der Waals surface area contributed by atoms with Gasteiger partial charge in [-0.3, -0.25) is 14.6 Å². The van der Waals surface area contributed by atoms with Crippen molar-refractivity contribution in [1.82, 2.24) is 15.5 Å². The number of anilines is 1. The van der Waals surface area contributed by atoms with Crippen LogP contribution in [0.1, 0.15) is 49.4 Å². The van der Waals surface area contributed by atoms with E-state index in [1.807, 2.05) is 6.07 Å². The van der Waals surface area contributed by atoms with E-state index in [0.717, 1.165) is 11.4 Å². The van der Waals surface area contributed by atoms with Crippen molar-refractivity contribution < 1.29 is 13.2 Å². The van der Waals surface area contributed by atoms with Gasteiger partial charge in [0.2, 0.25) is 10.0 Å². The summed E-state index contributed by atoms with van der Waals surface area (Å²) in [4.78, 5) is 12.2. The van der Waals surface area contributed by atoms with Gasteiger partial charge in [0.25, 0.3) is 5.91 Å². The van der Waals surface area contributed by atoms with Gasteiger partial charge in [0.1, 0.15) is 0 Å². The Morgan fingerprint density at radius 2 is 1.84 bits per heavy atom. The highest BCUT2D eigenvalue weighted by molar-refractivity contribution is 7.92. The molecule has 0 atom stereocenters. The molecule has 0 aliphatic heterocycles. The van der Waals surface area contributed by atoms with Crippen LogP contribution in [0.3, 0.4) is 0 Å². The molecule has 136 valence electrons. The van der Waals surface area contributed by atoms with Gasteiger partial charge >= 0.3 is 0 Å². The summed E-state index contributed by atoms with van der Waals surface area (Å²) in [5.74, 6) is -0.243. The molecule has 2 rings (SSSR count). The first-order valence-electron chi connectivity index (χ1n) is 8.04. The minimum absolute atomic E-state index is 0.00399. The lowest BCUT2D eigenvalue weighted by atomic mass is 9.92. The van der Waals surface area contributed by atoms with Crippen LogP contribution in [-0.2, 0) is 22.0 Å². The second-order valence-electron chi connectivity index (χ2n) is 6.79. The molecular formula is C17H24N4O3S. The lowest BCUT2D eigenvalue weighted by molar-refractivity contribution is 0.0950. The first-order chi connectivity index (χ1) is 11.6. The number of aromatic nitrogens is 2. The van der Waals surface area contributed by atoms with Crippen molar-refractivity contribution in [2.45, 2.75) is 39.7 Å². The molecule has 8 heteroatoms. The van der Waals surface area contributed by atoms with Crippen molar-refractivity contribution in [2.24, 2.45) is 0 Å². The lowest BCUT2D eigenvalue weighted by Gasteiger charge is -2.13. The molecule has 0 aliphatic rings. The molecule has 0 aliphatic carbocycles. The summed E-state index contributed by atoms with van der Waals surface area (Å²) in [6.45, 7) is 8.11. The molecule has 1 heterocycles. The number of nitrogens with one attached hydrogen (secondary N) is 3. The molecule has 1 aromatic carbocycles. The van der Waals surface area contributed by atoms with Crippen LogP contribution >= 0.6 is 0 Å². The Balaban J connectivity index is 1.96. The maximum atomic E-state index is 12.2. The molecule has 0 radical (unpaired) electrons.